The molecule has 5 nitrogen and oxygen atoms in total. The van der Waals surface area contributed by atoms with E-state index in [9.17, 15) is 4.79 Å². The lowest BCUT2D eigenvalue weighted by Gasteiger charge is -2.05. The van der Waals surface area contributed by atoms with Crippen LogP contribution in [0.5, 0.6) is 0 Å². The minimum atomic E-state index is -0.190. The van der Waals surface area contributed by atoms with Crippen LogP contribution in [0.15, 0.2) is 71.1 Å². The molecule has 0 atom stereocenters. The second-order valence-corrected chi connectivity index (χ2v) is 6.49. The molecule has 0 unspecified atom stereocenters. The van der Waals surface area contributed by atoms with Gasteiger partial charge < -0.3 is 14.3 Å². The normalized spacial score (nSPS) is 11.0. The van der Waals surface area contributed by atoms with E-state index in [1.807, 2.05) is 55.5 Å². The summed E-state index contributed by atoms with van der Waals surface area (Å²) in [7, 11) is 0. The third-order valence-corrected chi connectivity index (χ3v) is 4.59. The first-order chi connectivity index (χ1) is 13.2. The Morgan fingerprint density at radius 2 is 1.81 bits per heavy atom. The number of hydrogen-bond donors (Lipinski definition) is 1. The summed E-state index contributed by atoms with van der Waals surface area (Å²) >= 11 is 0. The number of imidazole rings is 1. The quantitative estimate of drug-likeness (QED) is 0.567. The molecule has 0 bridgehead atoms. The van der Waals surface area contributed by atoms with Gasteiger partial charge in [-0.25, -0.2) is 4.98 Å². The van der Waals surface area contributed by atoms with Gasteiger partial charge in [0.15, 0.2) is 5.76 Å². The van der Waals surface area contributed by atoms with Crippen LogP contribution in [0.2, 0.25) is 0 Å². The number of nitrogens with one attached hydrogen (secondary N) is 1. The summed E-state index contributed by atoms with van der Waals surface area (Å²) in [4.78, 5) is 16.9. The van der Waals surface area contributed by atoms with E-state index in [4.69, 9.17) is 4.42 Å². The van der Waals surface area contributed by atoms with Gasteiger partial charge in [-0.1, -0.05) is 42.5 Å². The number of aromatic nitrogens is 2. The van der Waals surface area contributed by atoms with Crippen LogP contribution in [-0.4, -0.2) is 22.0 Å². The minimum absolute atomic E-state index is 0.190. The molecule has 1 amide bonds. The smallest absolute Gasteiger partial charge is 0.287 e. The lowest BCUT2D eigenvalue weighted by Crippen LogP contribution is -2.25. The average molecular weight is 359 g/mol. The highest BCUT2D eigenvalue weighted by Gasteiger charge is 2.13. The van der Waals surface area contributed by atoms with Crippen LogP contribution in [0.25, 0.3) is 11.0 Å². The molecule has 136 valence electrons. The van der Waals surface area contributed by atoms with Crippen LogP contribution in [0, 0.1) is 6.92 Å². The molecule has 0 aliphatic heterocycles. The third-order valence-electron chi connectivity index (χ3n) is 4.59. The van der Waals surface area contributed by atoms with Gasteiger partial charge in [-0.3, -0.25) is 4.79 Å². The van der Waals surface area contributed by atoms with Gasteiger partial charge in [0.25, 0.3) is 5.91 Å². The number of amides is 1. The zero-order chi connectivity index (χ0) is 18.6. The number of fused-ring (bicyclic) bond motifs is 1. The van der Waals surface area contributed by atoms with E-state index in [1.54, 1.807) is 6.07 Å². The molecule has 0 aliphatic carbocycles. The van der Waals surface area contributed by atoms with E-state index < -0.39 is 0 Å². The molecular formula is C22H21N3O2. The Morgan fingerprint density at radius 1 is 1.04 bits per heavy atom. The molecular weight excluding hydrogens is 338 g/mol. The van der Waals surface area contributed by atoms with Crippen molar-refractivity contribution in [3.63, 3.8) is 0 Å². The van der Waals surface area contributed by atoms with Crippen molar-refractivity contribution in [1.82, 2.24) is 14.9 Å². The molecule has 27 heavy (non-hydrogen) atoms. The van der Waals surface area contributed by atoms with Gasteiger partial charge in [-0.2, -0.15) is 0 Å². The minimum Gasteiger partial charge on any atom is -0.454 e. The van der Waals surface area contributed by atoms with Crippen molar-refractivity contribution in [2.45, 2.75) is 19.9 Å². The van der Waals surface area contributed by atoms with Crippen LogP contribution in [0.4, 0.5) is 0 Å². The molecule has 0 radical (unpaired) electrons. The first-order valence-electron chi connectivity index (χ1n) is 9.03. The molecule has 2 aromatic carbocycles. The summed E-state index contributed by atoms with van der Waals surface area (Å²) in [5.74, 6) is 1.79. The molecule has 0 saturated carbocycles. The number of rotatable bonds is 6. The van der Waals surface area contributed by atoms with Gasteiger partial charge in [-0.05, 0) is 43.2 Å². The zero-order valence-corrected chi connectivity index (χ0v) is 15.2. The monoisotopic (exact) mass is 359 g/mol. The lowest BCUT2D eigenvalue weighted by molar-refractivity contribution is 0.0924. The number of carbonyl (C=O) groups is 1. The Labute approximate surface area is 157 Å². The lowest BCUT2D eigenvalue weighted by atomic mass is 10.1. The zero-order valence-electron chi connectivity index (χ0n) is 15.2. The summed E-state index contributed by atoms with van der Waals surface area (Å²) in [6, 6.07) is 21.7. The van der Waals surface area contributed by atoms with E-state index >= 15 is 0 Å². The number of nitrogens with zero attached hydrogens (tertiary/aromatic N) is 2. The Balaban J connectivity index is 1.40. The van der Waals surface area contributed by atoms with Gasteiger partial charge in [0.1, 0.15) is 11.6 Å². The number of hydrogen-bond acceptors (Lipinski definition) is 3. The Hall–Kier alpha value is -3.34. The number of para-hydroxylation sites is 2. The van der Waals surface area contributed by atoms with Crippen molar-refractivity contribution in [3.05, 3.63) is 89.6 Å². The molecule has 0 fully saturated rings. The van der Waals surface area contributed by atoms with Crippen LogP contribution < -0.4 is 5.32 Å². The first-order valence-corrected chi connectivity index (χ1v) is 9.03. The highest BCUT2D eigenvalue weighted by Crippen LogP contribution is 2.18. The summed E-state index contributed by atoms with van der Waals surface area (Å²) in [6.45, 7) is 3.09. The van der Waals surface area contributed by atoms with Crippen molar-refractivity contribution in [1.29, 1.82) is 0 Å². The third kappa shape index (κ3) is 3.77. The second-order valence-electron chi connectivity index (χ2n) is 6.49. The molecule has 2 heterocycles. The van der Waals surface area contributed by atoms with E-state index in [1.165, 1.54) is 5.56 Å². The molecule has 0 aliphatic rings. The number of carbonyl (C=O) groups excluding carboxylic acids is 1. The van der Waals surface area contributed by atoms with Crippen LogP contribution in [-0.2, 0) is 13.0 Å². The van der Waals surface area contributed by atoms with Crippen molar-refractivity contribution in [2.75, 3.05) is 6.54 Å². The van der Waals surface area contributed by atoms with Crippen molar-refractivity contribution < 1.29 is 9.21 Å². The maximum Gasteiger partial charge on any atom is 0.287 e. The topological polar surface area (TPSA) is 60.1 Å². The van der Waals surface area contributed by atoms with E-state index in [0.717, 1.165) is 29.0 Å². The largest absolute Gasteiger partial charge is 0.454 e. The number of furan rings is 1. The number of benzene rings is 2. The van der Waals surface area contributed by atoms with Gasteiger partial charge in [0.05, 0.1) is 17.6 Å². The predicted octanol–water partition coefficient (Wildman–Crippen LogP) is 3.96. The fourth-order valence-corrected chi connectivity index (χ4v) is 3.19. The van der Waals surface area contributed by atoms with Crippen LogP contribution in [0.1, 0.15) is 27.7 Å². The summed E-state index contributed by atoms with van der Waals surface area (Å²) in [5.41, 5.74) is 3.21. The maximum absolute atomic E-state index is 12.3. The Kier molecular flexibility index (Phi) is 4.75. The summed E-state index contributed by atoms with van der Waals surface area (Å²) in [5, 5.41) is 2.91. The summed E-state index contributed by atoms with van der Waals surface area (Å²) < 4.78 is 7.85. The molecule has 5 heteroatoms. The highest BCUT2D eigenvalue weighted by molar-refractivity contribution is 5.91. The molecule has 4 aromatic rings. The molecule has 0 saturated heterocycles. The Morgan fingerprint density at radius 3 is 2.67 bits per heavy atom. The van der Waals surface area contributed by atoms with E-state index in [2.05, 4.69) is 27.0 Å². The SMILES string of the molecule is Cc1nc2ccccc2n1Cc1ccc(C(=O)NCCc2ccccc2)o1. The molecule has 2 aromatic heterocycles. The van der Waals surface area contributed by atoms with Crippen molar-refractivity contribution >= 4 is 16.9 Å². The summed E-state index contributed by atoms with van der Waals surface area (Å²) in [6.07, 6.45) is 0.792. The van der Waals surface area contributed by atoms with Gasteiger partial charge in [-0.15, -0.1) is 0 Å². The van der Waals surface area contributed by atoms with Crippen molar-refractivity contribution in [2.24, 2.45) is 0 Å². The molecule has 0 spiro atoms. The van der Waals surface area contributed by atoms with Crippen LogP contribution >= 0.6 is 0 Å². The van der Waals surface area contributed by atoms with Gasteiger partial charge >= 0.3 is 0 Å². The Bertz CT molecular complexity index is 1060. The number of aryl methyl sites for hydroxylation is 1. The maximum atomic E-state index is 12.3. The van der Waals surface area contributed by atoms with Gasteiger partial charge in [0, 0.05) is 6.54 Å². The fraction of sp³-hybridized carbons (Fsp3) is 0.182. The van der Waals surface area contributed by atoms with E-state index in [0.29, 0.717) is 18.8 Å². The highest BCUT2D eigenvalue weighted by atomic mass is 16.4. The average Bonchev–Trinajstić information content (AvgIpc) is 3.28. The van der Waals surface area contributed by atoms with E-state index in [-0.39, 0.29) is 5.91 Å². The van der Waals surface area contributed by atoms with Crippen molar-refractivity contribution in [3.8, 4) is 0 Å². The fourth-order valence-electron chi connectivity index (χ4n) is 3.19. The second kappa shape index (κ2) is 7.50. The van der Waals surface area contributed by atoms with Crippen LogP contribution in [0.3, 0.4) is 0 Å². The predicted molar refractivity (Wildman–Crippen MR) is 105 cm³/mol. The van der Waals surface area contributed by atoms with Gasteiger partial charge in [0.2, 0.25) is 0 Å². The molecule has 4 rings (SSSR count). The molecule has 1 N–H and O–H groups in total. The first kappa shape index (κ1) is 17.1. The standard InChI is InChI=1S/C22H21N3O2/c1-16-24-19-9-5-6-10-20(19)25(16)15-18-11-12-21(27-18)22(26)23-14-13-17-7-3-2-4-8-17/h2-12H,13-15H2,1H3,(H,23,26).